The zero-order valence-corrected chi connectivity index (χ0v) is 33.8. The summed E-state index contributed by atoms with van der Waals surface area (Å²) in [4.78, 5) is 4.92. The second kappa shape index (κ2) is 13.7. The largest absolute Gasteiger partial charge is 0.456 e. The highest BCUT2D eigenvalue weighted by atomic mass is 16.3. The van der Waals surface area contributed by atoms with Crippen molar-refractivity contribution in [3.63, 3.8) is 0 Å². The number of aromatic nitrogens is 1. The van der Waals surface area contributed by atoms with Crippen LogP contribution >= 0.6 is 0 Å². The van der Waals surface area contributed by atoms with Crippen LogP contribution in [0.15, 0.2) is 229 Å². The maximum Gasteiger partial charge on any atom is 0.135 e. The van der Waals surface area contributed by atoms with Gasteiger partial charge in [0, 0.05) is 66.6 Å². The Morgan fingerprint density at radius 1 is 0.484 bits per heavy atom. The number of para-hydroxylation sites is 4. The summed E-state index contributed by atoms with van der Waals surface area (Å²) >= 11 is 0. The van der Waals surface area contributed by atoms with E-state index in [1.165, 1.54) is 66.2 Å². The van der Waals surface area contributed by atoms with Crippen LogP contribution in [0.5, 0.6) is 0 Å². The number of hydrogen-bond donors (Lipinski definition) is 0. The molecule has 1 aliphatic carbocycles. The Balaban J connectivity index is 0.901. The van der Waals surface area contributed by atoms with E-state index < -0.39 is 0 Å². The summed E-state index contributed by atoms with van der Waals surface area (Å²) in [6.07, 6.45) is 5.71. The van der Waals surface area contributed by atoms with Crippen molar-refractivity contribution in [2.24, 2.45) is 0 Å². The van der Waals surface area contributed by atoms with Crippen molar-refractivity contribution in [1.29, 1.82) is 0 Å². The van der Waals surface area contributed by atoms with Gasteiger partial charge in [-0.15, -0.1) is 0 Å². The molecule has 3 heterocycles. The lowest BCUT2D eigenvalue weighted by Crippen LogP contribution is -2.29. The van der Waals surface area contributed by atoms with E-state index in [1.807, 2.05) is 12.1 Å². The monoisotopic (exact) mass is 793 g/mol. The smallest absolute Gasteiger partial charge is 0.135 e. The molecular weight excluding hydrogens is 755 g/mol. The lowest BCUT2D eigenvalue weighted by atomic mass is 9.93. The molecule has 0 fully saturated rings. The summed E-state index contributed by atoms with van der Waals surface area (Å²) in [6, 6.07) is 74.9. The minimum atomic E-state index is 0.215. The third-order valence-corrected chi connectivity index (χ3v) is 13.1. The molecule has 2 aromatic heterocycles. The molecule has 9 aromatic carbocycles. The van der Waals surface area contributed by atoms with Gasteiger partial charge in [0.25, 0.3) is 0 Å². The topological polar surface area (TPSA) is 24.6 Å². The number of allylic oxidation sites excluding steroid dienone is 1. The van der Waals surface area contributed by atoms with Gasteiger partial charge in [0.15, 0.2) is 0 Å². The Labute approximate surface area is 359 Å². The normalized spacial score (nSPS) is 14.7. The van der Waals surface area contributed by atoms with Crippen LogP contribution in [0, 0.1) is 0 Å². The molecule has 0 amide bonds. The fraction of sp³-hybridized carbons (Fsp3) is 0.0345. The first-order chi connectivity index (χ1) is 30.7. The summed E-state index contributed by atoms with van der Waals surface area (Å²) in [5.74, 6) is 0. The maximum absolute atomic E-state index is 6.29. The van der Waals surface area contributed by atoms with E-state index >= 15 is 0 Å². The first-order valence-electron chi connectivity index (χ1n) is 21.4. The van der Waals surface area contributed by atoms with Crippen LogP contribution < -0.4 is 9.80 Å². The van der Waals surface area contributed by atoms with Gasteiger partial charge < -0.3 is 18.8 Å². The Kier molecular flexibility index (Phi) is 7.70. The highest BCUT2D eigenvalue weighted by molar-refractivity contribution is 6.18. The molecule has 0 N–H and O–H groups in total. The zero-order valence-electron chi connectivity index (χ0n) is 33.8. The number of hydrogen-bond acceptors (Lipinski definition) is 3. The van der Waals surface area contributed by atoms with Gasteiger partial charge in [0.2, 0.25) is 0 Å². The van der Waals surface area contributed by atoms with Crippen molar-refractivity contribution >= 4 is 82.8 Å². The first kappa shape index (κ1) is 34.8. The number of rotatable bonds is 6. The van der Waals surface area contributed by atoms with Gasteiger partial charge in [0.05, 0.1) is 17.1 Å². The third kappa shape index (κ3) is 5.33. The Morgan fingerprint density at radius 3 is 2.02 bits per heavy atom. The SMILES string of the molecule is C1=C2c3ccccc3N(c3ccccc3)C2CC=C1N(c1ccc(-c2ccc(-n3c4ccccc4c4ccc5ccccc5c43)cc2)cc1)c1ccc2oc3ccccc3c2c1. The van der Waals surface area contributed by atoms with Gasteiger partial charge in [-0.1, -0.05) is 140 Å². The van der Waals surface area contributed by atoms with E-state index in [9.17, 15) is 0 Å². The minimum absolute atomic E-state index is 0.215. The molecule has 0 saturated heterocycles. The Morgan fingerprint density at radius 2 is 1.16 bits per heavy atom. The summed E-state index contributed by atoms with van der Waals surface area (Å²) in [6.45, 7) is 0. The first-order valence-corrected chi connectivity index (χ1v) is 21.4. The fourth-order valence-electron chi connectivity index (χ4n) is 10.2. The third-order valence-electron chi connectivity index (χ3n) is 13.1. The lowest BCUT2D eigenvalue weighted by molar-refractivity contribution is 0.669. The van der Waals surface area contributed by atoms with Crippen molar-refractivity contribution < 1.29 is 4.42 Å². The Hall–Kier alpha value is -8.08. The van der Waals surface area contributed by atoms with Crippen LogP contribution in [-0.2, 0) is 0 Å². The molecule has 0 bridgehead atoms. The van der Waals surface area contributed by atoms with Gasteiger partial charge >= 0.3 is 0 Å². The van der Waals surface area contributed by atoms with Gasteiger partial charge in [0.1, 0.15) is 11.2 Å². The van der Waals surface area contributed by atoms with Crippen LogP contribution in [0.1, 0.15) is 12.0 Å². The molecule has 11 aromatic rings. The molecule has 0 radical (unpaired) electrons. The molecule has 13 rings (SSSR count). The molecule has 0 saturated carbocycles. The highest BCUT2D eigenvalue weighted by Gasteiger charge is 2.36. The molecule has 1 unspecified atom stereocenters. The minimum Gasteiger partial charge on any atom is -0.456 e. The second-order valence-corrected chi connectivity index (χ2v) is 16.4. The van der Waals surface area contributed by atoms with Gasteiger partial charge in [-0.25, -0.2) is 0 Å². The number of anilines is 4. The van der Waals surface area contributed by atoms with Gasteiger partial charge in [-0.05, 0) is 107 Å². The maximum atomic E-state index is 6.29. The van der Waals surface area contributed by atoms with E-state index in [1.54, 1.807) is 0 Å². The van der Waals surface area contributed by atoms with Crippen molar-refractivity contribution in [2.75, 3.05) is 9.80 Å². The molecule has 0 spiro atoms. The molecule has 62 heavy (non-hydrogen) atoms. The molecule has 1 atom stereocenters. The van der Waals surface area contributed by atoms with E-state index in [0.717, 1.165) is 51.1 Å². The number of furan rings is 1. The predicted molar refractivity (Wildman–Crippen MR) is 259 cm³/mol. The lowest BCUT2D eigenvalue weighted by Gasteiger charge is -2.33. The van der Waals surface area contributed by atoms with Crippen molar-refractivity contribution in [1.82, 2.24) is 4.57 Å². The molecule has 292 valence electrons. The summed E-state index contributed by atoms with van der Waals surface area (Å²) < 4.78 is 8.72. The van der Waals surface area contributed by atoms with E-state index in [2.05, 4.69) is 221 Å². The average Bonchev–Trinajstić information content (AvgIpc) is 4.00. The van der Waals surface area contributed by atoms with Crippen molar-refractivity contribution in [2.45, 2.75) is 12.5 Å². The van der Waals surface area contributed by atoms with Crippen LogP contribution in [-0.4, -0.2) is 10.6 Å². The highest BCUT2D eigenvalue weighted by Crippen LogP contribution is 2.49. The quantitative estimate of drug-likeness (QED) is 0.168. The zero-order chi connectivity index (χ0) is 40.7. The second-order valence-electron chi connectivity index (χ2n) is 16.4. The Bertz CT molecular complexity index is 3610. The number of nitrogens with zero attached hydrogens (tertiary/aromatic N) is 3. The summed E-state index contributed by atoms with van der Waals surface area (Å²) in [5, 5.41) is 7.28. The van der Waals surface area contributed by atoms with Gasteiger partial charge in [-0.2, -0.15) is 0 Å². The van der Waals surface area contributed by atoms with Crippen LogP contribution in [0.2, 0.25) is 0 Å². The molecule has 1 aliphatic heterocycles. The van der Waals surface area contributed by atoms with Crippen molar-refractivity contribution in [3.05, 3.63) is 230 Å². The van der Waals surface area contributed by atoms with E-state index in [-0.39, 0.29) is 6.04 Å². The molecular formula is C58H39N3O. The van der Waals surface area contributed by atoms with Crippen LogP contribution in [0.25, 0.3) is 76.9 Å². The molecule has 4 heteroatoms. The summed E-state index contributed by atoms with van der Waals surface area (Å²) in [5.41, 5.74) is 16.2. The van der Waals surface area contributed by atoms with E-state index in [0.29, 0.717) is 0 Å². The standard InChI is InChI=1S/C58H39N3O/c1-2-13-41(14-3-1)60-53-19-9-7-17-48(53)51-36-44(31-34-55(51)60)59(45-32-35-57-52(37-45)49-18-8-11-21-56(49)62-57)42-27-22-38(23-28-42)39-24-29-43(30-25-39)61-54-20-10-6-16-47(54)50-33-26-40-12-4-5-15-46(40)58(50)61/h1-33,35-37,55H,34H2. The van der Waals surface area contributed by atoms with Crippen molar-refractivity contribution in [3.8, 4) is 16.8 Å². The predicted octanol–water partition coefficient (Wildman–Crippen LogP) is 15.5. The number of fused-ring (bicyclic) bond motifs is 11. The molecule has 4 nitrogen and oxygen atoms in total. The molecule has 2 aliphatic rings. The van der Waals surface area contributed by atoms with Gasteiger partial charge in [-0.3, -0.25) is 0 Å². The average molecular weight is 794 g/mol. The van der Waals surface area contributed by atoms with E-state index in [4.69, 9.17) is 4.42 Å². The van der Waals surface area contributed by atoms with Crippen LogP contribution in [0.3, 0.4) is 0 Å². The summed E-state index contributed by atoms with van der Waals surface area (Å²) in [7, 11) is 0. The van der Waals surface area contributed by atoms with Crippen LogP contribution in [0.4, 0.5) is 22.7 Å². The fourth-order valence-corrected chi connectivity index (χ4v) is 10.2. The number of benzene rings is 9.